The van der Waals surface area contributed by atoms with E-state index in [-0.39, 0.29) is 6.04 Å². The molecular formula is C14H22BrNS. The van der Waals surface area contributed by atoms with Crippen LogP contribution in [0.15, 0.2) is 15.9 Å². The smallest absolute Gasteiger partial charge is 0.0701 e. The minimum Gasteiger partial charge on any atom is -0.323 e. The topological polar surface area (TPSA) is 26.0 Å². The lowest BCUT2D eigenvalue weighted by Crippen LogP contribution is -2.33. The average Bonchev–Trinajstić information content (AvgIpc) is 2.86. The molecule has 0 bridgehead atoms. The van der Waals surface area contributed by atoms with Crippen LogP contribution in [0.4, 0.5) is 0 Å². The Morgan fingerprint density at radius 3 is 2.47 bits per heavy atom. The van der Waals surface area contributed by atoms with Crippen molar-refractivity contribution in [3.05, 3.63) is 20.8 Å². The van der Waals surface area contributed by atoms with Crippen LogP contribution in [-0.4, -0.2) is 0 Å². The lowest BCUT2D eigenvalue weighted by atomic mass is 9.72. The number of nitrogens with two attached hydrogens (primary N) is 1. The van der Waals surface area contributed by atoms with Gasteiger partial charge in [0.15, 0.2) is 0 Å². The van der Waals surface area contributed by atoms with Crippen LogP contribution < -0.4 is 5.73 Å². The predicted octanol–water partition coefficient (Wildman–Crippen LogP) is 5.12. The van der Waals surface area contributed by atoms with Gasteiger partial charge in [0.2, 0.25) is 0 Å². The SMILES string of the molecule is CC(C)CC1(C(N)c2ccc(Br)s2)CCCC1. The third kappa shape index (κ3) is 2.94. The molecule has 17 heavy (non-hydrogen) atoms. The number of hydrogen-bond acceptors (Lipinski definition) is 2. The van der Waals surface area contributed by atoms with Crippen LogP contribution in [0.1, 0.15) is 56.9 Å². The minimum absolute atomic E-state index is 0.226. The fraction of sp³-hybridized carbons (Fsp3) is 0.714. The van der Waals surface area contributed by atoms with Crippen molar-refractivity contribution in [1.29, 1.82) is 0 Å². The molecule has 0 aliphatic heterocycles. The van der Waals surface area contributed by atoms with E-state index in [0.29, 0.717) is 5.41 Å². The summed E-state index contributed by atoms with van der Waals surface area (Å²) in [5, 5.41) is 0. The molecule has 1 aliphatic rings. The average molecular weight is 316 g/mol. The van der Waals surface area contributed by atoms with Crippen LogP contribution >= 0.6 is 27.3 Å². The Labute approximate surface area is 117 Å². The van der Waals surface area contributed by atoms with Gasteiger partial charge in [0.05, 0.1) is 3.79 Å². The first-order valence-corrected chi connectivity index (χ1v) is 8.15. The monoisotopic (exact) mass is 315 g/mol. The van der Waals surface area contributed by atoms with Gasteiger partial charge in [-0.2, -0.15) is 0 Å². The van der Waals surface area contributed by atoms with Crippen LogP contribution in [0.3, 0.4) is 0 Å². The van der Waals surface area contributed by atoms with Gasteiger partial charge in [0.1, 0.15) is 0 Å². The van der Waals surface area contributed by atoms with Gasteiger partial charge in [-0.1, -0.05) is 26.7 Å². The van der Waals surface area contributed by atoms with E-state index in [9.17, 15) is 0 Å². The summed E-state index contributed by atoms with van der Waals surface area (Å²) in [6, 6.07) is 4.54. The van der Waals surface area contributed by atoms with Gasteiger partial charge in [-0.15, -0.1) is 11.3 Å². The van der Waals surface area contributed by atoms with E-state index in [1.807, 2.05) is 0 Å². The van der Waals surface area contributed by atoms with Crippen molar-refractivity contribution in [1.82, 2.24) is 0 Å². The molecule has 0 spiro atoms. The molecule has 1 unspecified atom stereocenters. The Hall–Kier alpha value is 0.140. The van der Waals surface area contributed by atoms with Gasteiger partial charge in [0, 0.05) is 10.9 Å². The molecule has 0 amide bonds. The van der Waals surface area contributed by atoms with Crippen LogP contribution in [-0.2, 0) is 0 Å². The molecule has 2 N–H and O–H groups in total. The molecule has 2 rings (SSSR count). The van der Waals surface area contributed by atoms with Crippen molar-refractivity contribution in [2.75, 3.05) is 0 Å². The maximum atomic E-state index is 6.59. The Kier molecular flexibility index (Phi) is 4.32. The van der Waals surface area contributed by atoms with Gasteiger partial charge in [0.25, 0.3) is 0 Å². The first-order valence-electron chi connectivity index (χ1n) is 6.54. The molecule has 1 aromatic heterocycles. The summed E-state index contributed by atoms with van der Waals surface area (Å²) in [5.74, 6) is 0.738. The Balaban J connectivity index is 2.21. The first kappa shape index (κ1) is 13.6. The molecule has 1 aliphatic carbocycles. The van der Waals surface area contributed by atoms with Crippen molar-refractivity contribution >= 4 is 27.3 Å². The number of thiophene rings is 1. The zero-order valence-electron chi connectivity index (χ0n) is 10.7. The van der Waals surface area contributed by atoms with Crippen LogP contribution in [0.25, 0.3) is 0 Å². The minimum atomic E-state index is 0.226. The molecule has 1 heterocycles. The molecule has 0 aromatic carbocycles. The highest BCUT2D eigenvalue weighted by atomic mass is 79.9. The molecule has 96 valence electrons. The molecule has 0 radical (unpaired) electrons. The number of rotatable bonds is 4. The molecule has 0 saturated heterocycles. The first-order chi connectivity index (χ1) is 8.03. The van der Waals surface area contributed by atoms with Crippen LogP contribution in [0, 0.1) is 11.3 Å². The zero-order chi connectivity index (χ0) is 12.5. The highest BCUT2D eigenvalue weighted by Gasteiger charge is 2.40. The summed E-state index contributed by atoms with van der Waals surface area (Å²) in [7, 11) is 0. The van der Waals surface area contributed by atoms with Crippen molar-refractivity contribution in [2.45, 2.75) is 52.0 Å². The molecular weight excluding hydrogens is 294 g/mol. The lowest BCUT2D eigenvalue weighted by Gasteiger charge is -2.36. The molecule has 1 nitrogen and oxygen atoms in total. The van der Waals surface area contributed by atoms with E-state index in [0.717, 1.165) is 5.92 Å². The zero-order valence-corrected chi connectivity index (χ0v) is 13.1. The van der Waals surface area contributed by atoms with Crippen molar-refractivity contribution in [3.8, 4) is 0 Å². The largest absolute Gasteiger partial charge is 0.323 e. The van der Waals surface area contributed by atoms with E-state index in [1.165, 1.54) is 40.8 Å². The molecule has 1 atom stereocenters. The molecule has 1 saturated carbocycles. The predicted molar refractivity (Wildman–Crippen MR) is 79.3 cm³/mol. The Morgan fingerprint density at radius 1 is 1.35 bits per heavy atom. The second-order valence-corrected chi connectivity index (χ2v) is 8.28. The fourth-order valence-electron chi connectivity index (χ4n) is 3.33. The summed E-state index contributed by atoms with van der Waals surface area (Å²) in [4.78, 5) is 1.35. The van der Waals surface area contributed by atoms with E-state index < -0.39 is 0 Å². The third-order valence-corrected chi connectivity index (χ3v) is 5.68. The molecule has 1 fully saturated rings. The normalized spacial score (nSPS) is 21.0. The Morgan fingerprint density at radius 2 is 2.00 bits per heavy atom. The van der Waals surface area contributed by atoms with E-state index in [2.05, 4.69) is 41.9 Å². The van der Waals surface area contributed by atoms with Crippen molar-refractivity contribution in [3.63, 3.8) is 0 Å². The second kappa shape index (κ2) is 5.41. The Bertz CT molecular complexity index is 366. The van der Waals surface area contributed by atoms with E-state index in [1.54, 1.807) is 11.3 Å². The summed E-state index contributed by atoms with van der Waals surface area (Å²) in [5.41, 5.74) is 6.95. The van der Waals surface area contributed by atoms with Crippen molar-refractivity contribution in [2.24, 2.45) is 17.1 Å². The van der Waals surface area contributed by atoms with Gasteiger partial charge in [-0.25, -0.2) is 0 Å². The van der Waals surface area contributed by atoms with Gasteiger partial charge in [-0.05, 0) is 58.7 Å². The van der Waals surface area contributed by atoms with Crippen LogP contribution in [0.2, 0.25) is 0 Å². The van der Waals surface area contributed by atoms with Crippen LogP contribution in [0.5, 0.6) is 0 Å². The summed E-state index contributed by atoms with van der Waals surface area (Å²) >= 11 is 5.34. The highest BCUT2D eigenvalue weighted by molar-refractivity contribution is 9.11. The third-order valence-electron chi connectivity index (χ3n) is 3.97. The maximum absolute atomic E-state index is 6.59. The quantitative estimate of drug-likeness (QED) is 0.820. The molecule has 3 heteroatoms. The summed E-state index contributed by atoms with van der Waals surface area (Å²) in [6.45, 7) is 4.63. The number of halogens is 1. The standard InChI is InChI=1S/C14H22BrNS/c1-10(2)9-14(7-3-4-8-14)13(16)11-5-6-12(15)17-11/h5-6,10,13H,3-4,7-9,16H2,1-2H3. The molecule has 1 aromatic rings. The van der Waals surface area contributed by atoms with Crippen molar-refractivity contribution < 1.29 is 0 Å². The summed E-state index contributed by atoms with van der Waals surface area (Å²) in [6.07, 6.45) is 6.59. The van der Waals surface area contributed by atoms with Gasteiger partial charge < -0.3 is 5.73 Å². The second-order valence-electron chi connectivity index (χ2n) is 5.79. The van der Waals surface area contributed by atoms with E-state index in [4.69, 9.17) is 5.73 Å². The number of hydrogen-bond donors (Lipinski definition) is 1. The van der Waals surface area contributed by atoms with Gasteiger partial charge in [-0.3, -0.25) is 0 Å². The summed E-state index contributed by atoms with van der Waals surface area (Å²) < 4.78 is 1.20. The maximum Gasteiger partial charge on any atom is 0.0701 e. The van der Waals surface area contributed by atoms with E-state index >= 15 is 0 Å². The fourth-order valence-corrected chi connectivity index (χ4v) is 4.90. The highest BCUT2D eigenvalue weighted by Crippen LogP contribution is 2.51. The lowest BCUT2D eigenvalue weighted by molar-refractivity contribution is 0.185. The van der Waals surface area contributed by atoms with Gasteiger partial charge >= 0.3 is 0 Å².